The Morgan fingerprint density at radius 2 is 2.03 bits per heavy atom. The second-order valence-corrected chi connectivity index (χ2v) is 10.3. The van der Waals surface area contributed by atoms with Crippen molar-refractivity contribution in [2.75, 3.05) is 16.3 Å². The van der Waals surface area contributed by atoms with Gasteiger partial charge in [0.05, 0.1) is 28.7 Å². The van der Waals surface area contributed by atoms with Gasteiger partial charge in [-0.25, -0.2) is 22.8 Å². The maximum atomic E-state index is 14.4. The molecule has 31 heavy (non-hydrogen) atoms. The van der Waals surface area contributed by atoms with E-state index >= 15 is 0 Å². The van der Waals surface area contributed by atoms with Crippen LogP contribution < -0.4 is 15.4 Å². The summed E-state index contributed by atoms with van der Waals surface area (Å²) in [5, 5.41) is 6.71. The smallest absolute Gasteiger partial charge is 0.229 e. The number of halogens is 2. The van der Waals surface area contributed by atoms with E-state index in [2.05, 4.69) is 25.3 Å². The molecule has 1 fully saturated rings. The largest absolute Gasteiger partial charge is 0.363 e. The van der Waals surface area contributed by atoms with E-state index in [0.717, 1.165) is 31.0 Å². The van der Waals surface area contributed by atoms with Crippen LogP contribution in [0, 0.1) is 11.7 Å². The fraction of sp³-hybridized carbons (Fsp3) is 0.450. The van der Waals surface area contributed by atoms with Gasteiger partial charge in [-0.2, -0.15) is 0 Å². The van der Waals surface area contributed by atoms with Gasteiger partial charge in [-0.3, -0.25) is 9.71 Å². The summed E-state index contributed by atoms with van der Waals surface area (Å²) in [5.74, 6) is 1.05. The molecular weight excluding hydrogens is 443 g/mol. The molecule has 0 saturated heterocycles. The molecule has 1 aromatic heterocycles. The van der Waals surface area contributed by atoms with Gasteiger partial charge >= 0.3 is 0 Å². The van der Waals surface area contributed by atoms with Gasteiger partial charge in [0.1, 0.15) is 17.7 Å². The lowest BCUT2D eigenvalue weighted by Gasteiger charge is -2.21. The maximum Gasteiger partial charge on any atom is 0.229 e. The summed E-state index contributed by atoms with van der Waals surface area (Å²) in [6.45, 7) is 3.98. The molecule has 1 aliphatic heterocycles. The first-order valence-electron chi connectivity index (χ1n) is 10.0. The number of nitrogens with one attached hydrogen (secondary N) is 3. The Bertz CT molecular complexity index is 1140. The van der Waals surface area contributed by atoms with Crippen molar-refractivity contribution >= 4 is 39.1 Å². The zero-order valence-electron chi connectivity index (χ0n) is 17.4. The van der Waals surface area contributed by atoms with Crippen molar-refractivity contribution in [1.29, 1.82) is 0 Å². The Hall–Kier alpha value is -2.46. The summed E-state index contributed by atoms with van der Waals surface area (Å²) >= 11 is 6.53. The number of aromatic nitrogens is 2. The van der Waals surface area contributed by atoms with Crippen LogP contribution >= 0.6 is 11.6 Å². The van der Waals surface area contributed by atoms with Crippen LogP contribution in [0.15, 0.2) is 29.4 Å². The lowest BCUT2D eigenvalue weighted by atomic mass is 9.97. The fourth-order valence-corrected chi connectivity index (χ4v) is 4.42. The number of amidine groups is 1. The number of nitrogens with zero attached hydrogens (tertiary/aromatic N) is 3. The van der Waals surface area contributed by atoms with Gasteiger partial charge < -0.3 is 10.6 Å². The highest BCUT2D eigenvalue weighted by molar-refractivity contribution is 7.92. The summed E-state index contributed by atoms with van der Waals surface area (Å²) in [6, 6.07) is 3.33. The predicted octanol–water partition coefficient (Wildman–Crippen LogP) is 3.66. The summed E-state index contributed by atoms with van der Waals surface area (Å²) in [7, 11) is -3.64. The van der Waals surface area contributed by atoms with Crippen molar-refractivity contribution in [3.63, 3.8) is 0 Å². The van der Waals surface area contributed by atoms with Crippen LogP contribution in [0.2, 0.25) is 5.02 Å². The Balaban J connectivity index is 1.76. The first-order valence-corrected chi connectivity index (χ1v) is 12.3. The molecule has 2 aromatic rings. The SMILES string of the molecule is CC(C)Nc1nccc(C2NC(C3CC3)=NC2c2cc(F)cc(NS(C)(=O)=O)c2Cl)n1. The number of aliphatic imine (C=N–C) groups is 1. The number of hydrogen-bond donors (Lipinski definition) is 3. The molecule has 1 aromatic carbocycles. The minimum absolute atomic E-state index is 0.0159. The van der Waals surface area contributed by atoms with Gasteiger partial charge in [-0.1, -0.05) is 11.6 Å². The quantitative estimate of drug-likeness (QED) is 0.574. The van der Waals surface area contributed by atoms with Gasteiger partial charge in [0, 0.05) is 23.7 Å². The summed E-state index contributed by atoms with van der Waals surface area (Å²) in [6.07, 6.45) is 4.71. The zero-order valence-corrected chi connectivity index (χ0v) is 18.9. The van der Waals surface area contributed by atoms with Crippen molar-refractivity contribution < 1.29 is 12.8 Å². The molecule has 3 N–H and O–H groups in total. The molecule has 2 aliphatic rings. The van der Waals surface area contributed by atoms with E-state index < -0.39 is 27.9 Å². The molecule has 2 heterocycles. The van der Waals surface area contributed by atoms with Crippen LogP contribution in [-0.4, -0.2) is 36.5 Å². The molecule has 0 amide bonds. The number of anilines is 2. The minimum Gasteiger partial charge on any atom is -0.363 e. The summed E-state index contributed by atoms with van der Waals surface area (Å²) in [5.41, 5.74) is 1.05. The van der Waals surface area contributed by atoms with Crippen LogP contribution in [0.1, 0.15) is 50.0 Å². The molecule has 2 unspecified atom stereocenters. The Kier molecular flexibility index (Phi) is 5.78. The Morgan fingerprint density at radius 3 is 2.68 bits per heavy atom. The predicted molar refractivity (Wildman–Crippen MR) is 119 cm³/mol. The molecule has 1 saturated carbocycles. The number of hydrogen-bond acceptors (Lipinski definition) is 7. The summed E-state index contributed by atoms with van der Waals surface area (Å²) < 4.78 is 40.1. The van der Waals surface area contributed by atoms with Crippen LogP contribution in [-0.2, 0) is 10.0 Å². The van der Waals surface area contributed by atoms with Crippen LogP contribution in [0.4, 0.5) is 16.0 Å². The Labute approximate surface area is 185 Å². The molecule has 11 heteroatoms. The van der Waals surface area contributed by atoms with E-state index in [0.29, 0.717) is 23.1 Å². The molecule has 2 atom stereocenters. The third-order valence-electron chi connectivity index (χ3n) is 4.95. The minimum atomic E-state index is -3.64. The second-order valence-electron chi connectivity index (χ2n) is 8.19. The van der Waals surface area contributed by atoms with Crippen molar-refractivity contribution in [3.05, 3.63) is 46.5 Å². The number of sulfonamides is 1. The molecule has 0 radical (unpaired) electrons. The van der Waals surface area contributed by atoms with E-state index in [4.69, 9.17) is 16.6 Å². The topological polar surface area (TPSA) is 108 Å². The third-order valence-corrected chi connectivity index (χ3v) is 5.97. The van der Waals surface area contributed by atoms with Gasteiger partial charge in [-0.05, 0) is 44.9 Å². The molecule has 4 rings (SSSR count). The highest BCUT2D eigenvalue weighted by atomic mass is 35.5. The normalized spacial score (nSPS) is 21.0. The van der Waals surface area contributed by atoms with Gasteiger partial charge in [0.2, 0.25) is 16.0 Å². The molecule has 1 aliphatic carbocycles. The van der Waals surface area contributed by atoms with E-state index in [1.807, 2.05) is 13.8 Å². The lowest BCUT2D eigenvalue weighted by molar-refractivity contribution is 0.549. The molecule has 8 nitrogen and oxygen atoms in total. The van der Waals surface area contributed by atoms with E-state index in [1.165, 1.54) is 6.07 Å². The molecule has 166 valence electrons. The van der Waals surface area contributed by atoms with E-state index in [9.17, 15) is 12.8 Å². The van der Waals surface area contributed by atoms with Gasteiger partial charge in [-0.15, -0.1) is 0 Å². The zero-order chi connectivity index (χ0) is 22.3. The van der Waals surface area contributed by atoms with Crippen LogP contribution in [0.3, 0.4) is 0 Å². The molecule has 0 spiro atoms. The molecule has 0 bridgehead atoms. The van der Waals surface area contributed by atoms with E-state index in [-0.39, 0.29) is 16.8 Å². The van der Waals surface area contributed by atoms with Crippen LogP contribution in [0.25, 0.3) is 0 Å². The molecular formula is C20H24ClFN6O2S. The monoisotopic (exact) mass is 466 g/mol. The number of benzene rings is 1. The van der Waals surface area contributed by atoms with Crippen LogP contribution in [0.5, 0.6) is 0 Å². The van der Waals surface area contributed by atoms with Crippen molar-refractivity contribution in [3.8, 4) is 0 Å². The standard InChI is InChI=1S/C20H24ClFN6O2S/c1-10(2)24-20-23-7-6-14(25-20)18-17(26-19(27-18)11-4-5-11)13-8-12(22)9-15(16(13)21)28-31(3,29)30/h6-11,17-18,28H,4-5H2,1-3H3,(H,26,27)(H,23,24,25). The Morgan fingerprint density at radius 1 is 1.29 bits per heavy atom. The lowest BCUT2D eigenvalue weighted by Crippen LogP contribution is -2.27. The highest BCUT2D eigenvalue weighted by Gasteiger charge is 2.40. The van der Waals surface area contributed by atoms with Crippen molar-refractivity contribution in [2.24, 2.45) is 10.9 Å². The first-order chi connectivity index (χ1) is 14.6. The average molecular weight is 467 g/mol. The van der Waals surface area contributed by atoms with Gasteiger partial charge in [0.15, 0.2) is 0 Å². The van der Waals surface area contributed by atoms with Gasteiger partial charge in [0.25, 0.3) is 0 Å². The third kappa shape index (κ3) is 5.07. The second kappa shape index (κ2) is 8.23. The first kappa shape index (κ1) is 21.8. The average Bonchev–Trinajstić information content (AvgIpc) is 3.42. The van der Waals surface area contributed by atoms with E-state index in [1.54, 1.807) is 12.3 Å². The highest BCUT2D eigenvalue weighted by Crippen LogP contribution is 2.44. The van der Waals surface area contributed by atoms with Crippen molar-refractivity contribution in [1.82, 2.24) is 15.3 Å². The number of rotatable bonds is 7. The fourth-order valence-electron chi connectivity index (χ4n) is 3.54. The van der Waals surface area contributed by atoms with Crippen molar-refractivity contribution in [2.45, 2.75) is 44.8 Å². The summed E-state index contributed by atoms with van der Waals surface area (Å²) in [4.78, 5) is 13.7. The maximum absolute atomic E-state index is 14.4.